The second-order valence-electron chi connectivity index (χ2n) is 7.36. The molecule has 1 saturated heterocycles. The van der Waals surface area contributed by atoms with Crippen LogP contribution in [0.1, 0.15) is 40.5 Å². The monoisotopic (exact) mass is 400 g/mol. The minimum Gasteiger partial charge on any atom is -0.444 e. The molecule has 1 aromatic carbocycles. The van der Waals surface area contributed by atoms with E-state index in [1.165, 1.54) is 12.1 Å². The maximum Gasteiger partial charge on any atom is 0.410 e. The highest BCUT2D eigenvalue weighted by atomic mass is 79.9. The summed E-state index contributed by atoms with van der Waals surface area (Å²) < 4.78 is 19.3. The van der Waals surface area contributed by atoms with E-state index in [1.54, 1.807) is 11.0 Å². The van der Waals surface area contributed by atoms with Gasteiger partial charge in [-0.3, -0.25) is 0 Å². The molecule has 1 N–H and O–H groups in total. The number of hydrogen-bond acceptors (Lipinski definition) is 3. The maximum absolute atomic E-state index is 13.2. The number of nitrogens with zero attached hydrogens (tertiary/aromatic N) is 1. The largest absolute Gasteiger partial charge is 0.444 e. The zero-order valence-corrected chi connectivity index (χ0v) is 16.3. The third-order valence-corrected chi connectivity index (χ3v) is 4.87. The van der Waals surface area contributed by atoms with Crippen LogP contribution in [0.5, 0.6) is 0 Å². The van der Waals surface area contributed by atoms with E-state index >= 15 is 0 Å². The van der Waals surface area contributed by atoms with Gasteiger partial charge in [0, 0.05) is 29.3 Å². The van der Waals surface area contributed by atoms with Gasteiger partial charge in [0.25, 0.3) is 0 Å². The average molecular weight is 401 g/mol. The third-order valence-electron chi connectivity index (χ3n) is 4.21. The van der Waals surface area contributed by atoms with Crippen molar-refractivity contribution in [3.8, 4) is 0 Å². The van der Waals surface area contributed by atoms with Gasteiger partial charge in [0.05, 0.1) is 0 Å². The number of likely N-dealkylation sites (tertiary alicyclic amines) is 1. The number of ether oxygens (including phenoxy) is 1. The zero-order chi connectivity index (χ0) is 17.9. The van der Waals surface area contributed by atoms with E-state index in [0.717, 1.165) is 23.0 Å². The number of halogens is 2. The van der Waals surface area contributed by atoms with Crippen LogP contribution in [0.15, 0.2) is 22.7 Å². The Hall–Kier alpha value is -1.30. The highest BCUT2D eigenvalue weighted by molar-refractivity contribution is 9.10. The zero-order valence-electron chi connectivity index (χ0n) is 14.7. The van der Waals surface area contributed by atoms with Gasteiger partial charge >= 0.3 is 6.09 Å². The van der Waals surface area contributed by atoms with E-state index < -0.39 is 5.60 Å². The molecule has 1 atom stereocenters. The number of benzene rings is 1. The van der Waals surface area contributed by atoms with Crippen molar-refractivity contribution >= 4 is 27.7 Å². The summed E-state index contributed by atoms with van der Waals surface area (Å²) in [5, 5.41) is 3.44. The van der Waals surface area contributed by atoms with Crippen molar-refractivity contribution in [1.29, 1.82) is 0 Å². The second-order valence-corrected chi connectivity index (χ2v) is 8.22. The van der Waals surface area contributed by atoms with Crippen LogP contribution in [0.4, 0.5) is 14.9 Å². The molecule has 2 rings (SSSR count). The molecule has 1 aromatic rings. The number of amides is 1. The predicted molar refractivity (Wildman–Crippen MR) is 97.7 cm³/mol. The molecule has 1 fully saturated rings. The summed E-state index contributed by atoms with van der Waals surface area (Å²) in [5.41, 5.74) is 0.427. The Morgan fingerprint density at radius 1 is 1.38 bits per heavy atom. The first-order valence-electron chi connectivity index (χ1n) is 8.35. The number of nitrogens with one attached hydrogen (secondary N) is 1. The van der Waals surface area contributed by atoms with Gasteiger partial charge in [-0.1, -0.05) is 0 Å². The SMILES string of the molecule is CC(Nc1ccc(F)cc1Br)C1CCN(C(=O)OC(C)(C)C)CC1. The number of piperidine rings is 1. The summed E-state index contributed by atoms with van der Waals surface area (Å²) in [6, 6.07) is 4.89. The van der Waals surface area contributed by atoms with E-state index in [1.807, 2.05) is 20.8 Å². The minimum atomic E-state index is -0.461. The van der Waals surface area contributed by atoms with Crippen molar-refractivity contribution in [3.05, 3.63) is 28.5 Å². The summed E-state index contributed by atoms with van der Waals surface area (Å²) >= 11 is 3.38. The number of anilines is 1. The van der Waals surface area contributed by atoms with Crippen molar-refractivity contribution in [2.24, 2.45) is 5.92 Å². The van der Waals surface area contributed by atoms with E-state index in [0.29, 0.717) is 19.0 Å². The van der Waals surface area contributed by atoms with Crippen LogP contribution in [-0.4, -0.2) is 35.7 Å². The first-order chi connectivity index (χ1) is 11.2. The molecule has 1 heterocycles. The third kappa shape index (κ3) is 5.36. The van der Waals surface area contributed by atoms with Crippen molar-refractivity contribution in [1.82, 2.24) is 4.90 Å². The summed E-state index contributed by atoms with van der Waals surface area (Å²) in [6.45, 7) is 9.18. The van der Waals surface area contributed by atoms with Crippen LogP contribution < -0.4 is 5.32 Å². The Balaban J connectivity index is 1.86. The Kier molecular flexibility index (Phi) is 6.12. The smallest absolute Gasteiger partial charge is 0.410 e. The topological polar surface area (TPSA) is 41.6 Å². The molecule has 1 aliphatic heterocycles. The van der Waals surface area contributed by atoms with Crippen molar-refractivity contribution in [2.75, 3.05) is 18.4 Å². The van der Waals surface area contributed by atoms with Crippen molar-refractivity contribution in [2.45, 2.75) is 52.2 Å². The quantitative estimate of drug-likeness (QED) is 0.772. The van der Waals surface area contributed by atoms with Gasteiger partial charge in [-0.2, -0.15) is 0 Å². The normalized spacial score (nSPS) is 17.5. The highest BCUT2D eigenvalue weighted by Gasteiger charge is 2.29. The Morgan fingerprint density at radius 2 is 2.00 bits per heavy atom. The average Bonchev–Trinajstić information content (AvgIpc) is 2.48. The molecular weight excluding hydrogens is 375 g/mol. The molecular formula is C18H26BrFN2O2. The van der Waals surface area contributed by atoms with Gasteiger partial charge in [-0.15, -0.1) is 0 Å². The van der Waals surface area contributed by atoms with Crippen LogP contribution in [-0.2, 0) is 4.74 Å². The van der Waals surface area contributed by atoms with Gasteiger partial charge in [0.2, 0.25) is 0 Å². The summed E-state index contributed by atoms with van der Waals surface area (Å²) in [4.78, 5) is 13.9. The van der Waals surface area contributed by atoms with E-state index in [4.69, 9.17) is 4.74 Å². The van der Waals surface area contributed by atoms with Crippen molar-refractivity contribution in [3.63, 3.8) is 0 Å². The van der Waals surface area contributed by atoms with Gasteiger partial charge in [-0.25, -0.2) is 9.18 Å². The Morgan fingerprint density at radius 3 is 2.54 bits per heavy atom. The molecule has 1 aliphatic rings. The molecule has 6 heteroatoms. The lowest BCUT2D eigenvalue weighted by Crippen LogP contribution is -2.44. The van der Waals surface area contributed by atoms with Gasteiger partial charge in [0.1, 0.15) is 11.4 Å². The molecule has 0 aliphatic carbocycles. The molecule has 134 valence electrons. The molecule has 24 heavy (non-hydrogen) atoms. The summed E-state index contributed by atoms with van der Waals surface area (Å²) in [7, 11) is 0. The second kappa shape index (κ2) is 7.72. The number of hydrogen-bond donors (Lipinski definition) is 1. The fourth-order valence-electron chi connectivity index (χ4n) is 2.88. The lowest BCUT2D eigenvalue weighted by atomic mass is 9.90. The van der Waals surface area contributed by atoms with E-state index in [2.05, 4.69) is 28.2 Å². The number of carbonyl (C=O) groups is 1. The van der Waals surface area contributed by atoms with Gasteiger partial charge < -0.3 is 15.0 Å². The molecule has 0 bridgehead atoms. The minimum absolute atomic E-state index is 0.233. The maximum atomic E-state index is 13.2. The van der Waals surface area contributed by atoms with Gasteiger partial charge in [-0.05, 0) is 80.6 Å². The fourth-order valence-corrected chi connectivity index (χ4v) is 3.34. The molecule has 1 unspecified atom stereocenters. The van der Waals surface area contributed by atoms with Crippen LogP contribution >= 0.6 is 15.9 Å². The predicted octanol–water partition coefficient (Wildman–Crippen LogP) is 5.04. The lowest BCUT2D eigenvalue weighted by Gasteiger charge is -2.36. The fraction of sp³-hybridized carbons (Fsp3) is 0.611. The van der Waals surface area contributed by atoms with Gasteiger partial charge in [0.15, 0.2) is 0 Å². The molecule has 1 amide bonds. The van der Waals surface area contributed by atoms with E-state index in [-0.39, 0.29) is 18.0 Å². The lowest BCUT2D eigenvalue weighted by molar-refractivity contribution is 0.0179. The number of rotatable bonds is 3. The first kappa shape index (κ1) is 19.0. The van der Waals surface area contributed by atoms with Crippen LogP contribution in [0.3, 0.4) is 0 Å². The van der Waals surface area contributed by atoms with Crippen molar-refractivity contribution < 1.29 is 13.9 Å². The van der Waals surface area contributed by atoms with Crippen LogP contribution in [0.25, 0.3) is 0 Å². The summed E-state index contributed by atoms with van der Waals surface area (Å²) in [5.74, 6) is 0.200. The summed E-state index contributed by atoms with van der Waals surface area (Å²) in [6.07, 6.45) is 1.61. The molecule has 0 radical (unpaired) electrons. The van der Waals surface area contributed by atoms with E-state index in [9.17, 15) is 9.18 Å². The molecule has 0 saturated carbocycles. The molecule has 0 aromatic heterocycles. The molecule has 0 spiro atoms. The van der Waals surface area contributed by atoms with Crippen LogP contribution in [0, 0.1) is 11.7 Å². The number of carbonyl (C=O) groups excluding carboxylic acids is 1. The Labute approximate surface area is 151 Å². The standard InChI is InChI=1S/C18H26BrFN2O2/c1-12(21-16-6-5-14(20)11-15(16)19)13-7-9-22(10-8-13)17(23)24-18(2,3)4/h5-6,11-13,21H,7-10H2,1-4H3. The Bertz CT molecular complexity index is 581. The highest BCUT2D eigenvalue weighted by Crippen LogP contribution is 2.28. The first-order valence-corrected chi connectivity index (χ1v) is 9.14. The van der Waals surface area contributed by atoms with Crippen LogP contribution in [0.2, 0.25) is 0 Å². The molecule has 4 nitrogen and oxygen atoms in total.